The molecule has 0 bridgehead atoms. The third-order valence-electron chi connectivity index (χ3n) is 4.43. The number of fused-ring (bicyclic) bond motifs is 1. The van der Waals surface area contributed by atoms with E-state index in [1.165, 1.54) is 0 Å². The maximum absolute atomic E-state index is 11.5. The summed E-state index contributed by atoms with van der Waals surface area (Å²) in [5.74, 6) is -0.432. The Kier molecular flexibility index (Phi) is 3.30. The lowest BCUT2D eigenvalue weighted by molar-refractivity contribution is -0.148. The van der Waals surface area contributed by atoms with Crippen molar-refractivity contribution in [3.8, 4) is 6.07 Å². The second-order valence-electron chi connectivity index (χ2n) is 5.89. The van der Waals surface area contributed by atoms with Crippen LogP contribution in [0.15, 0.2) is 6.07 Å². The molecule has 1 aliphatic carbocycles. The number of aliphatic carboxylic acids is 1. The van der Waals surface area contributed by atoms with Crippen molar-refractivity contribution in [1.29, 1.82) is 5.26 Å². The SMILES string of the molecule is CC1(C(=O)O)COCC1Nc1nc2c(cc1C#N)CCC2. The third kappa shape index (κ3) is 2.24. The first-order valence-corrected chi connectivity index (χ1v) is 7.05. The highest BCUT2D eigenvalue weighted by molar-refractivity contribution is 5.76. The van der Waals surface area contributed by atoms with E-state index in [1.54, 1.807) is 6.92 Å². The molecular formula is C15H17N3O3. The summed E-state index contributed by atoms with van der Waals surface area (Å²) >= 11 is 0. The molecule has 110 valence electrons. The molecule has 0 saturated carbocycles. The van der Waals surface area contributed by atoms with Gasteiger partial charge in [-0.25, -0.2) is 4.98 Å². The van der Waals surface area contributed by atoms with Crippen LogP contribution >= 0.6 is 0 Å². The molecule has 1 fully saturated rings. The second-order valence-corrected chi connectivity index (χ2v) is 5.89. The normalized spacial score (nSPS) is 27.1. The van der Waals surface area contributed by atoms with Crippen molar-refractivity contribution < 1.29 is 14.6 Å². The van der Waals surface area contributed by atoms with Crippen molar-refractivity contribution in [2.75, 3.05) is 18.5 Å². The number of ether oxygens (including phenoxy) is 1. The average molecular weight is 287 g/mol. The van der Waals surface area contributed by atoms with Crippen LogP contribution in [0.5, 0.6) is 0 Å². The number of hydrogen-bond acceptors (Lipinski definition) is 5. The van der Waals surface area contributed by atoms with Gasteiger partial charge in [0.15, 0.2) is 0 Å². The number of carboxylic acid groups (broad SMARTS) is 1. The summed E-state index contributed by atoms with van der Waals surface area (Å²) in [6.45, 7) is 2.11. The summed E-state index contributed by atoms with van der Waals surface area (Å²) in [5, 5.41) is 21.8. The van der Waals surface area contributed by atoms with Crippen LogP contribution in [-0.2, 0) is 22.4 Å². The molecule has 1 aromatic heterocycles. The Hall–Kier alpha value is -2.13. The van der Waals surface area contributed by atoms with Crippen LogP contribution in [0.4, 0.5) is 5.82 Å². The molecule has 2 heterocycles. The Balaban J connectivity index is 1.92. The molecule has 1 aromatic rings. The lowest BCUT2D eigenvalue weighted by atomic mass is 9.85. The van der Waals surface area contributed by atoms with Crippen molar-refractivity contribution in [3.63, 3.8) is 0 Å². The summed E-state index contributed by atoms with van der Waals surface area (Å²) in [5.41, 5.74) is 1.59. The summed E-state index contributed by atoms with van der Waals surface area (Å²) in [6, 6.07) is 3.61. The Morgan fingerprint density at radius 3 is 3.14 bits per heavy atom. The lowest BCUT2D eigenvalue weighted by Crippen LogP contribution is -2.43. The van der Waals surface area contributed by atoms with E-state index < -0.39 is 17.4 Å². The van der Waals surface area contributed by atoms with E-state index in [0.29, 0.717) is 18.0 Å². The van der Waals surface area contributed by atoms with Gasteiger partial charge in [-0.1, -0.05) is 0 Å². The topological polar surface area (TPSA) is 95.2 Å². The molecule has 2 aliphatic rings. The van der Waals surface area contributed by atoms with Gasteiger partial charge in [0, 0.05) is 5.69 Å². The van der Waals surface area contributed by atoms with E-state index in [9.17, 15) is 15.2 Å². The highest BCUT2D eigenvalue weighted by Crippen LogP contribution is 2.32. The Morgan fingerprint density at radius 1 is 1.62 bits per heavy atom. The number of nitrogens with zero attached hydrogens (tertiary/aromatic N) is 2. The molecule has 0 radical (unpaired) electrons. The van der Waals surface area contributed by atoms with Gasteiger partial charge in [0.05, 0.1) is 24.8 Å². The zero-order valence-corrected chi connectivity index (χ0v) is 11.8. The second kappa shape index (κ2) is 5.01. The fourth-order valence-electron chi connectivity index (χ4n) is 2.92. The number of hydrogen-bond donors (Lipinski definition) is 2. The Labute approximate surface area is 122 Å². The molecule has 2 unspecified atom stereocenters. The maximum atomic E-state index is 11.5. The predicted octanol–water partition coefficient (Wildman–Crippen LogP) is 1.34. The summed E-state index contributed by atoms with van der Waals surface area (Å²) in [4.78, 5) is 16.0. The first kappa shape index (κ1) is 13.8. The number of aromatic nitrogens is 1. The number of aryl methyl sites for hydroxylation is 2. The van der Waals surface area contributed by atoms with Crippen molar-refractivity contribution in [2.45, 2.75) is 32.2 Å². The van der Waals surface area contributed by atoms with Crippen LogP contribution in [0.1, 0.15) is 30.2 Å². The molecule has 1 saturated heterocycles. The van der Waals surface area contributed by atoms with Crippen LogP contribution in [-0.4, -0.2) is 35.3 Å². The first-order valence-electron chi connectivity index (χ1n) is 7.05. The number of carboxylic acids is 1. The van der Waals surface area contributed by atoms with Gasteiger partial charge in [0.2, 0.25) is 0 Å². The zero-order chi connectivity index (χ0) is 15.0. The highest BCUT2D eigenvalue weighted by atomic mass is 16.5. The van der Waals surface area contributed by atoms with Crippen LogP contribution in [0.25, 0.3) is 0 Å². The van der Waals surface area contributed by atoms with E-state index >= 15 is 0 Å². The smallest absolute Gasteiger partial charge is 0.313 e. The maximum Gasteiger partial charge on any atom is 0.313 e. The van der Waals surface area contributed by atoms with Crippen LogP contribution in [0.3, 0.4) is 0 Å². The van der Waals surface area contributed by atoms with Crippen molar-refractivity contribution in [3.05, 3.63) is 22.9 Å². The average Bonchev–Trinajstić information content (AvgIpc) is 3.05. The molecule has 0 spiro atoms. The van der Waals surface area contributed by atoms with E-state index in [1.807, 2.05) is 6.07 Å². The summed E-state index contributed by atoms with van der Waals surface area (Å²) < 4.78 is 5.32. The van der Waals surface area contributed by atoms with E-state index in [-0.39, 0.29) is 6.61 Å². The molecule has 2 N–H and O–H groups in total. The molecule has 6 nitrogen and oxygen atoms in total. The van der Waals surface area contributed by atoms with Crippen molar-refractivity contribution >= 4 is 11.8 Å². The van der Waals surface area contributed by atoms with Crippen LogP contribution in [0, 0.1) is 16.7 Å². The third-order valence-corrected chi connectivity index (χ3v) is 4.43. The van der Waals surface area contributed by atoms with Gasteiger partial charge in [-0.3, -0.25) is 4.79 Å². The quantitative estimate of drug-likeness (QED) is 0.871. The number of nitrogens with one attached hydrogen (secondary N) is 1. The van der Waals surface area contributed by atoms with Gasteiger partial charge in [-0.2, -0.15) is 5.26 Å². The van der Waals surface area contributed by atoms with Crippen LogP contribution in [0.2, 0.25) is 0 Å². The number of pyridine rings is 1. The van der Waals surface area contributed by atoms with E-state index in [0.717, 1.165) is 30.5 Å². The molecule has 3 rings (SSSR count). The summed E-state index contributed by atoms with van der Waals surface area (Å²) in [6.07, 6.45) is 2.92. The monoisotopic (exact) mass is 287 g/mol. The van der Waals surface area contributed by atoms with Gasteiger partial charge >= 0.3 is 5.97 Å². The molecule has 1 aliphatic heterocycles. The van der Waals surface area contributed by atoms with Crippen molar-refractivity contribution in [2.24, 2.45) is 5.41 Å². The fourth-order valence-corrected chi connectivity index (χ4v) is 2.92. The fraction of sp³-hybridized carbons (Fsp3) is 0.533. The lowest BCUT2D eigenvalue weighted by Gasteiger charge is -2.26. The predicted molar refractivity (Wildman–Crippen MR) is 74.9 cm³/mol. The zero-order valence-electron chi connectivity index (χ0n) is 11.8. The molecule has 6 heteroatoms. The number of nitriles is 1. The van der Waals surface area contributed by atoms with Gasteiger partial charge in [0.1, 0.15) is 17.3 Å². The Morgan fingerprint density at radius 2 is 2.43 bits per heavy atom. The van der Waals surface area contributed by atoms with Crippen molar-refractivity contribution in [1.82, 2.24) is 4.98 Å². The highest BCUT2D eigenvalue weighted by Gasteiger charge is 2.47. The standard InChI is InChI=1S/C15H17N3O3/c1-15(14(19)20)8-21-7-12(15)18-13-10(6-16)5-9-3-2-4-11(9)17-13/h5,12H,2-4,7-8H2,1H3,(H,17,18)(H,19,20). The summed E-state index contributed by atoms with van der Waals surface area (Å²) in [7, 11) is 0. The van der Waals surface area contributed by atoms with Gasteiger partial charge in [-0.05, 0) is 37.8 Å². The van der Waals surface area contributed by atoms with Gasteiger partial charge in [-0.15, -0.1) is 0 Å². The van der Waals surface area contributed by atoms with Gasteiger partial charge < -0.3 is 15.2 Å². The minimum absolute atomic E-state index is 0.160. The Bertz CT molecular complexity index is 638. The number of anilines is 1. The number of rotatable bonds is 3. The molecule has 0 aromatic carbocycles. The van der Waals surface area contributed by atoms with Gasteiger partial charge in [0.25, 0.3) is 0 Å². The minimum Gasteiger partial charge on any atom is -0.481 e. The van der Waals surface area contributed by atoms with E-state index in [2.05, 4.69) is 16.4 Å². The molecule has 2 atom stereocenters. The van der Waals surface area contributed by atoms with E-state index in [4.69, 9.17) is 4.74 Å². The number of carbonyl (C=O) groups is 1. The van der Waals surface area contributed by atoms with Crippen LogP contribution < -0.4 is 5.32 Å². The molecular weight excluding hydrogens is 270 g/mol. The first-order chi connectivity index (χ1) is 10.0. The largest absolute Gasteiger partial charge is 0.481 e. The molecule has 0 amide bonds. The molecule has 21 heavy (non-hydrogen) atoms. The minimum atomic E-state index is -1.01.